The molecule has 0 saturated heterocycles. The molecule has 1 aromatic carbocycles. The Morgan fingerprint density at radius 1 is 1.50 bits per heavy atom. The summed E-state index contributed by atoms with van der Waals surface area (Å²) in [5, 5.41) is 11.9. The number of rotatable bonds is 6. The molecule has 4 nitrogen and oxygen atoms in total. The summed E-state index contributed by atoms with van der Waals surface area (Å²) >= 11 is 1.83. The molecule has 0 bridgehead atoms. The van der Waals surface area contributed by atoms with Gasteiger partial charge in [0.1, 0.15) is 0 Å². The molecule has 1 rings (SSSR count). The molecule has 0 heterocycles. The van der Waals surface area contributed by atoms with Crippen molar-refractivity contribution in [3.63, 3.8) is 0 Å². The Morgan fingerprint density at radius 3 is 2.78 bits per heavy atom. The lowest BCUT2D eigenvalue weighted by Gasteiger charge is -2.25. The predicted octanol–water partition coefficient (Wildman–Crippen LogP) is 1.96. The van der Waals surface area contributed by atoms with Crippen LogP contribution in [-0.4, -0.2) is 41.0 Å². The first-order valence-corrected chi connectivity index (χ1v) is 7.24. The molecule has 1 unspecified atom stereocenters. The first-order valence-electron chi connectivity index (χ1n) is 5.85. The SMILES string of the molecule is CSCC(C)N(C)Cc1ccccc1/C(N)=N/O. The lowest BCUT2D eigenvalue weighted by atomic mass is 10.1. The van der Waals surface area contributed by atoms with Gasteiger partial charge in [0.25, 0.3) is 0 Å². The van der Waals surface area contributed by atoms with Crippen LogP contribution >= 0.6 is 11.8 Å². The van der Waals surface area contributed by atoms with Gasteiger partial charge < -0.3 is 10.9 Å². The summed E-state index contributed by atoms with van der Waals surface area (Å²) in [7, 11) is 2.09. The number of hydrogen-bond acceptors (Lipinski definition) is 4. The molecule has 0 aliphatic rings. The molecule has 5 heteroatoms. The van der Waals surface area contributed by atoms with E-state index in [2.05, 4.69) is 30.3 Å². The highest BCUT2D eigenvalue weighted by Gasteiger charge is 2.12. The molecular formula is C13H21N3OS. The molecule has 1 atom stereocenters. The predicted molar refractivity (Wildman–Crippen MR) is 78.3 cm³/mol. The molecule has 0 aromatic heterocycles. The molecule has 0 aliphatic heterocycles. The van der Waals surface area contributed by atoms with Gasteiger partial charge in [0.05, 0.1) is 0 Å². The van der Waals surface area contributed by atoms with Gasteiger partial charge in [-0.1, -0.05) is 29.4 Å². The van der Waals surface area contributed by atoms with Crippen LogP contribution < -0.4 is 5.73 Å². The maximum absolute atomic E-state index is 8.79. The van der Waals surface area contributed by atoms with Crippen LogP contribution in [-0.2, 0) is 6.54 Å². The van der Waals surface area contributed by atoms with E-state index in [1.165, 1.54) is 0 Å². The smallest absolute Gasteiger partial charge is 0.170 e. The molecule has 0 aliphatic carbocycles. The topological polar surface area (TPSA) is 61.8 Å². The van der Waals surface area contributed by atoms with Crippen LogP contribution in [0, 0.1) is 0 Å². The minimum absolute atomic E-state index is 0.163. The van der Waals surface area contributed by atoms with Crippen molar-refractivity contribution >= 4 is 17.6 Å². The van der Waals surface area contributed by atoms with Gasteiger partial charge in [0.2, 0.25) is 0 Å². The lowest BCUT2D eigenvalue weighted by Crippen LogP contribution is -2.31. The van der Waals surface area contributed by atoms with Crippen molar-refractivity contribution in [3.8, 4) is 0 Å². The van der Waals surface area contributed by atoms with Gasteiger partial charge in [-0.25, -0.2) is 0 Å². The van der Waals surface area contributed by atoms with E-state index in [1.54, 1.807) is 0 Å². The van der Waals surface area contributed by atoms with Gasteiger partial charge in [0.15, 0.2) is 5.84 Å². The van der Waals surface area contributed by atoms with Crippen molar-refractivity contribution in [1.29, 1.82) is 0 Å². The zero-order valence-electron chi connectivity index (χ0n) is 11.1. The van der Waals surface area contributed by atoms with E-state index in [4.69, 9.17) is 10.9 Å². The number of thioether (sulfide) groups is 1. The second-order valence-corrected chi connectivity index (χ2v) is 5.27. The normalized spacial score (nSPS) is 13.9. The molecule has 0 spiro atoms. The summed E-state index contributed by atoms with van der Waals surface area (Å²) in [4.78, 5) is 2.26. The number of oxime groups is 1. The number of amidine groups is 1. The summed E-state index contributed by atoms with van der Waals surface area (Å²) in [5.74, 6) is 1.25. The highest BCUT2D eigenvalue weighted by molar-refractivity contribution is 7.98. The summed E-state index contributed by atoms with van der Waals surface area (Å²) in [6, 6.07) is 8.23. The monoisotopic (exact) mass is 267 g/mol. The zero-order valence-corrected chi connectivity index (χ0v) is 11.9. The largest absolute Gasteiger partial charge is 0.409 e. The molecule has 1 aromatic rings. The summed E-state index contributed by atoms with van der Waals surface area (Å²) in [5.41, 5.74) is 7.55. The van der Waals surface area contributed by atoms with E-state index in [0.29, 0.717) is 6.04 Å². The van der Waals surface area contributed by atoms with Crippen LogP contribution in [0.3, 0.4) is 0 Å². The Labute approximate surface area is 113 Å². The molecule has 0 amide bonds. The van der Waals surface area contributed by atoms with Crippen molar-refractivity contribution in [2.24, 2.45) is 10.9 Å². The average molecular weight is 267 g/mol. The molecule has 3 N–H and O–H groups in total. The molecule has 0 fully saturated rings. The van der Waals surface area contributed by atoms with Crippen molar-refractivity contribution in [1.82, 2.24) is 4.90 Å². The van der Waals surface area contributed by atoms with Gasteiger partial charge in [-0.05, 0) is 25.8 Å². The van der Waals surface area contributed by atoms with E-state index < -0.39 is 0 Å². The van der Waals surface area contributed by atoms with Gasteiger partial charge in [-0.3, -0.25) is 4.90 Å². The van der Waals surface area contributed by atoms with Gasteiger partial charge in [-0.2, -0.15) is 11.8 Å². The number of hydrogen-bond donors (Lipinski definition) is 2. The zero-order chi connectivity index (χ0) is 13.5. The third kappa shape index (κ3) is 3.92. The first-order chi connectivity index (χ1) is 8.60. The fourth-order valence-corrected chi connectivity index (χ4v) is 2.49. The first kappa shape index (κ1) is 14.9. The average Bonchev–Trinajstić information content (AvgIpc) is 2.38. The van der Waals surface area contributed by atoms with E-state index in [1.807, 2.05) is 36.0 Å². The molecule has 0 radical (unpaired) electrons. The van der Waals surface area contributed by atoms with E-state index in [9.17, 15) is 0 Å². The fourth-order valence-electron chi connectivity index (χ4n) is 1.75. The summed E-state index contributed by atoms with van der Waals surface area (Å²) < 4.78 is 0. The molecule has 18 heavy (non-hydrogen) atoms. The number of nitrogens with zero attached hydrogens (tertiary/aromatic N) is 2. The minimum atomic E-state index is 0.163. The van der Waals surface area contributed by atoms with Crippen molar-refractivity contribution in [2.75, 3.05) is 19.1 Å². The Bertz CT molecular complexity index is 409. The Kier molecular flexibility index (Phi) is 6.01. The van der Waals surface area contributed by atoms with Crippen LogP contribution in [0.15, 0.2) is 29.4 Å². The van der Waals surface area contributed by atoms with Crippen LogP contribution in [0.5, 0.6) is 0 Å². The van der Waals surface area contributed by atoms with Crippen LogP contribution in [0.1, 0.15) is 18.1 Å². The maximum Gasteiger partial charge on any atom is 0.170 e. The summed E-state index contributed by atoms with van der Waals surface area (Å²) in [6.45, 7) is 2.98. The third-order valence-corrected chi connectivity index (χ3v) is 3.80. The Hall–Kier alpha value is -1.20. The Balaban J connectivity index is 2.84. The van der Waals surface area contributed by atoms with Gasteiger partial charge in [-0.15, -0.1) is 0 Å². The molecule has 100 valence electrons. The highest BCUT2D eigenvalue weighted by Crippen LogP contribution is 2.13. The van der Waals surface area contributed by atoms with E-state index in [0.717, 1.165) is 23.4 Å². The second kappa shape index (κ2) is 7.28. The Morgan fingerprint density at radius 2 is 2.17 bits per heavy atom. The van der Waals surface area contributed by atoms with Crippen LogP contribution in [0.4, 0.5) is 0 Å². The van der Waals surface area contributed by atoms with Crippen LogP contribution in [0.25, 0.3) is 0 Å². The fraction of sp³-hybridized carbons (Fsp3) is 0.462. The third-order valence-electron chi connectivity index (χ3n) is 2.98. The quantitative estimate of drug-likeness (QED) is 0.358. The maximum atomic E-state index is 8.79. The molecule has 0 saturated carbocycles. The lowest BCUT2D eigenvalue weighted by molar-refractivity contribution is 0.269. The van der Waals surface area contributed by atoms with E-state index >= 15 is 0 Å². The number of nitrogens with two attached hydrogens (primary N) is 1. The summed E-state index contributed by atoms with van der Waals surface area (Å²) in [6.07, 6.45) is 2.11. The van der Waals surface area contributed by atoms with E-state index in [-0.39, 0.29) is 5.84 Å². The van der Waals surface area contributed by atoms with Crippen molar-refractivity contribution in [3.05, 3.63) is 35.4 Å². The second-order valence-electron chi connectivity index (χ2n) is 4.36. The van der Waals surface area contributed by atoms with Gasteiger partial charge in [0, 0.05) is 23.9 Å². The standard InChI is InChI=1S/C13H21N3OS/c1-10(9-18-3)16(2)8-11-6-4-5-7-12(11)13(14)15-17/h4-7,10,17H,8-9H2,1-3H3,(H2,14,15). The highest BCUT2D eigenvalue weighted by atomic mass is 32.2. The van der Waals surface area contributed by atoms with Crippen molar-refractivity contribution < 1.29 is 5.21 Å². The van der Waals surface area contributed by atoms with Gasteiger partial charge >= 0.3 is 0 Å². The minimum Gasteiger partial charge on any atom is -0.409 e. The van der Waals surface area contributed by atoms with Crippen molar-refractivity contribution in [2.45, 2.75) is 19.5 Å². The number of benzene rings is 1. The molecular weight excluding hydrogens is 246 g/mol. The van der Waals surface area contributed by atoms with Crippen LogP contribution in [0.2, 0.25) is 0 Å².